The predicted molar refractivity (Wildman–Crippen MR) is 82.1 cm³/mol. The molecular formula is C17H29NO. The standard InChI is InChI=1S/C17H29NO/c1-6-10-18(11-7-2)13-14-12-15(17(3,4)5)8-9-16(14)19/h6-7,14-15H,1-2,8-13H2,3-5H3. The van der Waals surface area contributed by atoms with Crippen LogP contribution in [-0.2, 0) is 4.79 Å². The van der Waals surface area contributed by atoms with Gasteiger partial charge in [-0.05, 0) is 24.2 Å². The average molecular weight is 263 g/mol. The highest BCUT2D eigenvalue weighted by atomic mass is 16.1. The summed E-state index contributed by atoms with van der Waals surface area (Å²) < 4.78 is 0. The van der Waals surface area contributed by atoms with E-state index in [-0.39, 0.29) is 5.92 Å². The van der Waals surface area contributed by atoms with Gasteiger partial charge in [-0.3, -0.25) is 9.69 Å². The number of carbonyl (C=O) groups is 1. The highest BCUT2D eigenvalue weighted by Crippen LogP contribution is 2.39. The number of nitrogens with zero attached hydrogens (tertiary/aromatic N) is 1. The van der Waals surface area contributed by atoms with Crippen LogP contribution in [-0.4, -0.2) is 30.3 Å². The molecule has 2 heteroatoms. The molecule has 2 atom stereocenters. The third-order valence-electron chi connectivity index (χ3n) is 4.24. The van der Waals surface area contributed by atoms with Gasteiger partial charge in [-0.2, -0.15) is 0 Å². The molecule has 1 aliphatic rings. The Morgan fingerprint density at radius 1 is 1.26 bits per heavy atom. The first-order chi connectivity index (χ1) is 8.88. The minimum atomic E-state index is 0.192. The van der Waals surface area contributed by atoms with E-state index in [0.717, 1.165) is 38.9 Å². The SMILES string of the molecule is C=CCN(CC=C)CC1CC(C(C)(C)C)CCC1=O. The molecule has 0 N–H and O–H groups in total. The first-order valence-corrected chi connectivity index (χ1v) is 7.35. The van der Waals surface area contributed by atoms with Crippen molar-refractivity contribution in [1.82, 2.24) is 4.90 Å². The molecule has 108 valence electrons. The van der Waals surface area contributed by atoms with Crippen LogP contribution in [0.2, 0.25) is 0 Å². The Hall–Kier alpha value is -0.890. The summed E-state index contributed by atoms with van der Waals surface area (Å²) in [5.41, 5.74) is 0.306. The van der Waals surface area contributed by atoms with Gasteiger partial charge in [-0.1, -0.05) is 32.9 Å². The second kappa shape index (κ2) is 7.04. The fourth-order valence-corrected chi connectivity index (χ4v) is 2.98. The Bertz CT molecular complexity index is 317. The van der Waals surface area contributed by atoms with E-state index in [0.29, 0.717) is 17.1 Å². The fraction of sp³-hybridized carbons (Fsp3) is 0.706. The summed E-state index contributed by atoms with van der Waals surface area (Å²) in [6, 6.07) is 0. The lowest BCUT2D eigenvalue weighted by Crippen LogP contribution is -2.39. The number of rotatable bonds is 6. The molecule has 19 heavy (non-hydrogen) atoms. The van der Waals surface area contributed by atoms with Gasteiger partial charge in [0.05, 0.1) is 0 Å². The minimum Gasteiger partial charge on any atom is -0.299 e. The Morgan fingerprint density at radius 2 is 1.84 bits per heavy atom. The number of Topliss-reactive ketones (excluding diaryl/α,β-unsaturated/α-hetero) is 1. The molecular weight excluding hydrogens is 234 g/mol. The van der Waals surface area contributed by atoms with Crippen LogP contribution in [0.3, 0.4) is 0 Å². The molecule has 0 aromatic carbocycles. The van der Waals surface area contributed by atoms with Gasteiger partial charge >= 0.3 is 0 Å². The quantitative estimate of drug-likeness (QED) is 0.681. The third-order valence-corrected chi connectivity index (χ3v) is 4.24. The van der Waals surface area contributed by atoms with E-state index >= 15 is 0 Å². The molecule has 0 bridgehead atoms. The van der Waals surface area contributed by atoms with Gasteiger partial charge < -0.3 is 0 Å². The monoisotopic (exact) mass is 263 g/mol. The van der Waals surface area contributed by atoms with Gasteiger partial charge in [0.2, 0.25) is 0 Å². The highest BCUT2D eigenvalue weighted by Gasteiger charge is 2.35. The lowest BCUT2D eigenvalue weighted by atomic mass is 9.68. The highest BCUT2D eigenvalue weighted by molar-refractivity contribution is 5.82. The van der Waals surface area contributed by atoms with Crippen molar-refractivity contribution in [1.29, 1.82) is 0 Å². The summed E-state index contributed by atoms with van der Waals surface area (Å²) in [7, 11) is 0. The van der Waals surface area contributed by atoms with E-state index in [2.05, 4.69) is 38.8 Å². The maximum Gasteiger partial charge on any atom is 0.137 e. The number of hydrogen-bond donors (Lipinski definition) is 0. The summed E-state index contributed by atoms with van der Waals surface area (Å²) >= 11 is 0. The lowest BCUT2D eigenvalue weighted by molar-refractivity contribution is -0.127. The van der Waals surface area contributed by atoms with Crippen molar-refractivity contribution in [2.24, 2.45) is 17.3 Å². The van der Waals surface area contributed by atoms with Gasteiger partial charge in [0.25, 0.3) is 0 Å². The second-order valence-electron chi connectivity index (χ2n) is 6.80. The van der Waals surface area contributed by atoms with E-state index in [1.165, 1.54) is 0 Å². The Morgan fingerprint density at radius 3 is 2.32 bits per heavy atom. The van der Waals surface area contributed by atoms with Crippen LogP contribution in [0.15, 0.2) is 25.3 Å². The molecule has 0 saturated heterocycles. The molecule has 0 heterocycles. The van der Waals surface area contributed by atoms with Gasteiger partial charge in [0.15, 0.2) is 0 Å². The van der Waals surface area contributed by atoms with Gasteiger partial charge in [-0.15, -0.1) is 13.2 Å². The van der Waals surface area contributed by atoms with Gasteiger partial charge in [-0.25, -0.2) is 0 Å². The van der Waals surface area contributed by atoms with Crippen LogP contribution in [0.25, 0.3) is 0 Å². The van der Waals surface area contributed by atoms with Crippen LogP contribution < -0.4 is 0 Å². The molecule has 1 rings (SSSR count). The van der Waals surface area contributed by atoms with Crippen molar-refractivity contribution in [3.63, 3.8) is 0 Å². The Balaban J connectivity index is 2.65. The summed E-state index contributed by atoms with van der Waals surface area (Å²) in [6.45, 7) is 16.9. The van der Waals surface area contributed by atoms with Crippen molar-refractivity contribution in [3.05, 3.63) is 25.3 Å². The van der Waals surface area contributed by atoms with Crippen LogP contribution in [0.4, 0.5) is 0 Å². The van der Waals surface area contributed by atoms with Crippen molar-refractivity contribution < 1.29 is 4.79 Å². The normalized spacial score (nSPS) is 24.5. The Kier molecular flexibility index (Phi) is 5.99. The van der Waals surface area contributed by atoms with Gasteiger partial charge in [0.1, 0.15) is 5.78 Å². The minimum absolute atomic E-state index is 0.192. The first-order valence-electron chi connectivity index (χ1n) is 7.35. The maximum absolute atomic E-state index is 12.1. The maximum atomic E-state index is 12.1. The molecule has 0 radical (unpaired) electrons. The molecule has 1 saturated carbocycles. The van der Waals surface area contributed by atoms with E-state index in [1.807, 2.05) is 12.2 Å². The molecule has 2 nitrogen and oxygen atoms in total. The predicted octanol–water partition coefficient (Wildman–Crippen LogP) is 3.69. The van der Waals surface area contributed by atoms with Crippen LogP contribution in [0.5, 0.6) is 0 Å². The van der Waals surface area contributed by atoms with E-state index < -0.39 is 0 Å². The number of carbonyl (C=O) groups excluding carboxylic acids is 1. The van der Waals surface area contributed by atoms with Crippen molar-refractivity contribution in [2.45, 2.75) is 40.0 Å². The van der Waals surface area contributed by atoms with Gasteiger partial charge in [0, 0.05) is 32.0 Å². The molecule has 0 aliphatic heterocycles. The molecule has 1 fully saturated rings. The summed E-state index contributed by atoms with van der Waals surface area (Å²) in [6.07, 6.45) is 6.65. The molecule has 0 aromatic heterocycles. The molecule has 0 amide bonds. The van der Waals surface area contributed by atoms with Crippen LogP contribution in [0.1, 0.15) is 40.0 Å². The topological polar surface area (TPSA) is 20.3 Å². The molecule has 2 unspecified atom stereocenters. The number of ketones is 1. The van der Waals surface area contributed by atoms with Crippen molar-refractivity contribution in [2.75, 3.05) is 19.6 Å². The number of hydrogen-bond acceptors (Lipinski definition) is 2. The van der Waals surface area contributed by atoms with E-state index in [4.69, 9.17) is 0 Å². The second-order valence-corrected chi connectivity index (χ2v) is 6.80. The smallest absolute Gasteiger partial charge is 0.137 e. The third kappa shape index (κ3) is 4.94. The van der Waals surface area contributed by atoms with Crippen LogP contribution in [0, 0.1) is 17.3 Å². The zero-order chi connectivity index (χ0) is 14.5. The average Bonchev–Trinajstić information content (AvgIpc) is 2.31. The van der Waals surface area contributed by atoms with E-state index in [1.54, 1.807) is 0 Å². The summed E-state index contributed by atoms with van der Waals surface area (Å²) in [4.78, 5) is 14.4. The Labute approximate surface area is 118 Å². The molecule has 0 spiro atoms. The molecule has 0 aromatic rings. The molecule has 1 aliphatic carbocycles. The van der Waals surface area contributed by atoms with Crippen molar-refractivity contribution >= 4 is 5.78 Å². The summed E-state index contributed by atoms with van der Waals surface area (Å²) in [5.74, 6) is 1.29. The zero-order valence-electron chi connectivity index (χ0n) is 12.8. The summed E-state index contributed by atoms with van der Waals surface area (Å²) in [5, 5.41) is 0. The lowest BCUT2D eigenvalue weighted by Gasteiger charge is -2.38. The first kappa shape index (κ1) is 16.2. The van der Waals surface area contributed by atoms with Crippen molar-refractivity contribution in [3.8, 4) is 0 Å². The fourth-order valence-electron chi connectivity index (χ4n) is 2.98. The van der Waals surface area contributed by atoms with E-state index in [9.17, 15) is 4.79 Å². The largest absolute Gasteiger partial charge is 0.299 e. The zero-order valence-corrected chi connectivity index (χ0v) is 12.8. The van der Waals surface area contributed by atoms with Crippen LogP contribution >= 0.6 is 0 Å².